The van der Waals surface area contributed by atoms with E-state index in [1.54, 1.807) is 0 Å². The van der Waals surface area contributed by atoms with E-state index in [2.05, 4.69) is 10.0 Å². The minimum Gasteiger partial charge on any atom is -0.457 e. The Morgan fingerprint density at radius 2 is 1.60 bits per heavy atom. The highest BCUT2D eigenvalue weighted by atomic mass is 35.5. The van der Waals surface area contributed by atoms with E-state index < -0.39 is 10.0 Å². The van der Waals surface area contributed by atoms with E-state index in [4.69, 9.17) is 16.3 Å². The van der Waals surface area contributed by atoms with Gasteiger partial charge in [0, 0.05) is 5.56 Å². The molecule has 8 heteroatoms. The third kappa shape index (κ3) is 5.98. The van der Waals surface area contributed by atoms with Gasteiger partial charge in [-0.05, 0) is 55.0 Å². The van der Waals surface area contributed by atoms with E-state index in [1.807, 2.05) is 61.5 Å². The molecule has 1 amide bonds. The van der Waals surface area contributed by atoms with Crippen LogP contribution < -0.4 is 14.8 Å². The zero-order valence-corrected chi connectivity index (χ0v) is 18.0. The van der Waals surface area contributed by atoms with Gasteiger partial charge in [0.2, 0.25) is 10.0 Å². The van der Waals surface area contributed by atoms with Gasteiger partial charge in [0.05, 0.1) is 23.0 Å². The molecule has 3 aromatic rings. The smallest absolute Gasteiger partial charge is 0.251 e. The summed E-state index contributed by atoms with van der Waals surface area (Å²) in [6.07, 6.45) is 1.02. The van der Waals surface area contributed by atoms with Crippen molar-refractivity contribution in [1.29, 1.82) is 0 Å². The Bertz CT molecular complexity index is 1130. The summed E-state index contributed by atoms with van der Waals surface area (Å²) in [7, 11) is -3.51. The molecule has 0 saturated carbocycles. The molecule has 0 radical (unpaired) electrons. The van der Waals surface area contributed by atoms with Gasteiger partial charge < -0.3 is 10.1 Å². The van der Waals surface area contributed by atoms with Crippen molar-refractivity contribution in [3.63, 3.8) is 0 Å². The lowest BCUT2D eigenvalue weighted by Gasteiger charge is -2.16. The third-order valence-electron chi connectivity index (χ3n) is 4.23. The molecule has 0 aliphatic heterocycles. The van der Waals surface area contributed by atoms with Gasteiger partial charge in [-0.25, -0.2) is 8.42 Å². The van der Waals surface area contributed by atoms with E-state index in [0.717, 1.165) is 17.6 Å². The summed E-state index contributed by atoms with van der Waals surface area (Å²) in [4.78, 5) is 12.6. The highest BCUT2D eigenvalue weighted by Crippen LogP contribution is 2.25. The summed E-state index contributed by atoms with van der Waals surface area (Å²) in [6, 6.07) is 21.0. The van der Waals surface area contributed by atoms with E-state index in [9.17, 15) is 13.2 Å². The van der Waals surface area contributed by atoms with Gasteiger partial charge in [0.25, 0.3) is 5.91 Å². The first-order chi connectivity index (χ1) is 14.2. The van der Waals surface area contributed by atoms with Crippen LogP contribution in [0.15, 0.2) is 72.8 Å². The number of carbonyl (C=O) groups excluding carboxylic acids is 1. The van der Waals surface area contributed by atoms with Crippen molar-refractivity contribution in [2.45, 2.75) is 13.0 Å². The first-order valence-corrected chi connectivity index (χ1v) is 11.4. The number of carbonyl (C=O) groups is 1. The van der Waals surface area contributed by atoms with Crippen molar-refractivity contribution in [3.05, 3.63) is 88.9 Å². The second-order valence-corrected chi connectivity index (χ2v) is 8.90. The van der Waals surface area contributed by atoms with Gasteiger partial charge in [0.1, 0.15) is 11.5 Å². The normalized spacial score (nSPS) is 12.1. The molecule has 0 spiro atoms. The Morgan fingerprint density at radius 1 is 0.967 bits per heavy atom. The number of benzene rings is 3. The predicted octanol–water partition coefficient (Wildman–Crippen LogP) is 4.99. The van der Waals surface area contributed by atoms with Crippen molar-refractivity contribution in [3.8, 4) is 11.5 Å². The van der Waals surface area contributed by atoms with E-state index in [1.165, 1.54) is 18.2 Å². The maximum absolute atomic E-state index is 12.6. The van der Waals surface area contributed by atoms with Gasteiger partial charge in [-0.1, -0.05) is 41.9 Å². The van der Waals surface area contributed by atoms with Crippen LogP contribution in [0.2, 0.25) is 5.02 Å². The van der Waals surface area contributed by atoms with Crippen LogP contribution in [0.3, 0.4) is 0 Å². The molecule has 156 valence electrons. The van der Waals surface area contributed by atoms with Crippen LogP contribution in [-0.2, 0) is 10.0 Å². The van der Waals surface area contributed by atoms with E-state index in [-0.39, 0.29) is 22.7 Å². The molecule has 6 nitrogen and oxygen atoms in total. The first-order valence-electron chi connectivity index (χ1n) is 9.12. The second-order valence-electron chi connectivity index (χ2n) is 6.75. The first kappa shape index (κ1) is 21.7. The Morgan fingerprint density at radius 3 is 2.23 bits per heavy atom. The van der Waals surface area contributed by atoms with E-state index >= 15 is 0 Å². The maximum atomic E-state index is 12.6. The average molecular weight is 445 g/mol. The predicted molar refractivity (Wildman–Crippen MR) is 119 cm³/mol. The summed E-state index contributed by atoms with van der Waals surface area (Å²) in [5.74, 6) is 1.09. The molecule has 0 fully saturated rings. The third-order valence-corrected chi connectivity index (χ3v) is 5.15. The van der Waals surface area contributed by atoms with Crippen molar-refractivity contribution < 1.29 is 17.9 Å². The van der Waals surface area contributed by atoms with E-state index in [0.29, 0.717) is 11.3 Å². The molecule has 0 aliphatic rings. The minimum atomic E-state index is -3.51. The molecule has 1 unspecified atom stereocenters. The Labute approximate surface area is 180 Å². The lowest BCUT2D eigenvalue weighted by molar-refractivity contribution is 0.0940. The number of nitrogens with one attached hydrogen (secondary N) is 2. The Kier molecular flexibility index (Phi) is 6.64. The molecule has 30 heavy (non-hydrogen) atoms. The number of para-hydroxylation sites is 1. The number of ether oxygens (including phenoxy) is 1. The fraction of sp³-hybridized carbons (Fsp3) is 0.136. The number of halogens is 1. The van der Waals surface area contributed by atoms with Gasteiger partial charge in [-0.3, -0.25) is 9.52 Å². The summed E-state index contributed by atoms with van der Waals surface area (Å²) in [6.45, 7) is 1.86. The zero-order valence-electron chi connectivity index (χ0n) is 16.4. The minimum absolute atomic E-state index is 0.155. The molecule has 1 atom stereocenters. The monoisotopic (exact) mass is 444 g/mol. The van der Waals surface area contributed by atoms with Crippen molar-refractivity contribution in [2.24, 2.45) is 0 Å². The quantitative estimate of drug-likeness (QED) is 0.537. The molecule has 2 N–H and O–H groups in total. The molecule has 0 saturated heterocycles. The van der Waals surface area contributed by atoms with Crippen LogP contribution in [0.1, 0.15) is 28.9 Å². The van der Waals surface area contributed by atoms with Crippen LogP contribution in [0, 0.1) is 0 Å². The number of anilines is 1. The van der Waals surface area contributed by atoms with Gasteiger partial charge in [-0.2, -0.15) is 0 Å². The summed E-state index contributed by atoms with van der Waals surface area (Å²) in [5, 5.41) is 3.10. The molecule has 3 rings (SSSR count). The van der Waals surface area contributed by atoms with Crippen molar-refractivity contribution >= 4 is 33.2 Å². The number of rotatable bonds is 7. The molecule has 0 heterocycles. The lowest BCUT2D eigenvalue weighted by atomic mass is 10.1. The largest absolute Gasteiger partial charge is 0.457 e. The van der Waals surface area contributed by atoms with Crippen LogP contribution in [0.4, 0.5) is 5.69 Å². The van der Waals surface area contributed by atoms with Crippen LogP contribution in [-0.4, -0.2) is 20.6 Å². The van der Waals surface area contributed by atoms with Crippen molar-refractivity contribution in [1.82, 2.24) is 5.32 Å². The standard InChI is InChI=1S/C22H21ClN2O4S/c1-15(16-8-11-19(12-9-16)29-18-6-4-3-5-7-18)24-22(26)17-10-13-20(23)21(14-17)25-30(2,27)28/h3-15,25H,1-2H3,(H,24,26). The Hall–Kier alpha value is -3.03. The van der Waals surface area contributed by atoms with Gasteiger partial charge in [-0.15, -0.1) is 0 Å². The number of amides is 1. The van der Waals surface area contributed by atoms with Gasteiger partial charge in [0.15, 0.2) is 0 Å². The number of hydrogen-bond donors (Lipinski definition) is 2. The van der Waals surface area contributed by atoms with Crippen LogP contribution >= 0.6 is 11.6 Å². The second kappa shape index (κ2) is 9.19. The van der Waals surface area contributed by atoms with Crippen LogP contribution in [0.5, 0.6) is 11.5 Å². The van der Waals surface area contributed by atoms with Crippen molar-refractivity contribution in [2.75, 3.05) is 11.0 Å². The maximum Gasteiger partial charge on any atom is 0.251 e. The molecular formula is C22H21ClN2O4S. The topological polar surface area (TPSA) is 84.5 Å². The lowest BCUT2D eigenvalue weighted by Crippen LogP contribution is -2.26. The highest BCUT2D eigenvalue weighted by Gasteiger charge is 2.15. The fourth-order valence-corrected chi connectivity index (χ4v) is 3.55. The van der Waals surface area contributed by atoms with Crippen LogP contribution in [0.25, 0.3) is 0 Å². The zero-order chi connectivity index (χ0) is 21.7. The van der Waals surface area contributed by atoms with Gasteiger partial charge >= 0.3 is 0 Å². The molecule has 0 aliphatic carbocycles. The molecular weight excluding hydrogens is 424 g/mol. The summed E-state index contributed by atoms with van der Waals surface area (Å²) < 4.78 is 31.0. The summed E-state index contributed by atoms with van der Waals surface area (Å²) >= 11 is 6.01. The highest BCUT2D eigenvalue weighted by molar-refractivity contribution is 7.92. The fourth-order valence-electron chi connectivity index (χ4n) is 2.76. The SMILES string of the molecule is CC(NC(=O)c1ccc(Cl)c(NS(C)(=O)=O)c1)c1ccc(Oc2ccccc2)cc1. The summed E-state index contributed by atoms with van der Waals surface area (Å²) in [5.41, 5.74) is 1.34. The molecule has 3 aromatic carbocycles. The number of sulfonamides is 1. The average Bonchev–Trinajstić information content (AvgIpc) is 2.70. The Balaban J connectivity index is 1.67. The molecule has 0 bridgehead atoms. The molecule has 0 aromatic heterocycles. The number of hydrogen-bond acceptors (Lipinski definition) is 4.